The first kappa shape index (κ1) is 26.2. The molecule has 1 aliphatic heterocycles. The van der Waals surface area contributed by atoms with Crippen molar-refractivity contribution in [2.45, 2.75) is 5.54 Å². The highest BCUT2D eigenvalue weighted by molar-refractivity contribution is 5.92. The van der Waals surface area contributed by atoms with Crippen LogP contribution in [0.1, 0.15) is 27.9 Å². The third-order valence-electron chi connectivity index (χ3n) is 7.70. The molecule has 210 valence electrons. The van der Waals surface area contributed by atoms with Gasteiger partial charge >= 0.3 is 5.69 Å². The first-order chi connectivity index (χ1) is 21.1. The Morgan fingerprint density at radius 1 is 0.767 bits per heavy atom. The molecule has 0 bridgehead atoms. The number of ether oxygens (including phenoxy) is 2. The summed E-state index contributed by atoms with van der Waals surface area (Å²) < 4.78 is 28.1. The fraction of sp³-hybridized carbons (Fsp3) is 0.0571. The monoisotopic (exact) mass is 569 g/mol. The van der Waals surface area contributed by atoms with Crippen LogP contribution in [-0.4, -0.2) is 21.5 Å². The highest BCUT2D eigenvalue weighted by Crippen LogP contribution is 2.43. The number of nitro groups is 1. The van der Waals surface area contributed by atoms with Crippen molar-refractivity contribution in [3.63, 3.8) is 0 Å². The van der Waals surface area contributed by atoms with Gasteiger partial charge in [0.1, 0.15) is 5.54 Å². The lowest BCUT2D eigenvalue weighted by molar-refractivity contribution is -0.387. The molecule has 6 aromatic rings. The maximum Gasteiger partial charge on any atom is 0.305 e. The Bertz CT molecular complexity index is 1890. The van der Waals surface area contributed by atoms with E-state index in [-0.39, 0.29) is 6.79 Å². The van der Waals surface area contributed by atoms with Crippen LogP contribution in [0.4, 0.5) is 10.1 Å². The van der Waals surface area contributed by atoms with Crippen LogP contribution < -0.4 is 9.47 Å². The van der Waals surface area contributed by atoms with E-state index in [4.69, 9.17) is 14.6 Å². The van der Waals surface area contributed by atoms with Gasteiger partial charge in [-0.2, -0.15) is 9.49 Å². The summed E-state index contributed by atoms with van der Waals surface area (Å²) >= 11 is 0. The molecule has 7 rings (SSSR count). The number of nitrogens with zero attached hydrogens (tertiary/aromatic N) is 3. The van der Waals surface area contributed by atoms with Crippen molar-refractivity contribution in [2.24, 2.45) is 0 Å². The first-order valence-corrected chi connectivity index (χ1v) is 13.7. The summed E-state index contributed by atoms with van der Waals surface area (Å²) in [4.78, 5) is 11.1. The molecular formula is C35H24FN3O4. The van der Waals surface area contributed by atoms with Crippen molar-refractivity contribution in [3.05, 3.63) is 165 Å². The van der Waals surface area contributed by atoms with Crippen molar-refractivity contribution in [3.8, 4) is 11.5 Å². The van der Waals surface area contributed by atoms with Crippen LogP contribution in [0, 0.1) is 15.9 Å². The number of fused-ring (bicyclic) bond motifs is 2. The van der Waals surface area contributed by atoms with Crippen LogP contribution in [0.5, 0.6) is 11.5 Å². The molecule has 0 aliphatic carbocycles. The molecule has 0 saturated carbocycles. The summed E-state index contributed by atoms with van der Waals surface area (Å²) in [5.74, 6) is 0.357. The average molecular weight is 570 g/mol. The minimum Gasteiger partial charge on any atom is -0.454 e. The van der Waals surface area contributed by atoms with Crippen LogP contribution in [0.15, 0.2) is 121 Å². The van der Waals surface area contributed by atoms with E-state index >= 15 is 4.39 Å². The van der Waals surface area contributed by atoms with E-state index in [0.29, 0.717) is 28.1 Å². The highest BCUT2D eigenvalue weighted by Gasteiger charge is 2.41. The van der Waals surface area contributed by atoms with Gasteiger partial charge in [0.15, 0.2) is 11.5 Å². The maximum atomic E-state index is 15.4. The van der Waals surface area contributed by atoms with E-state index in [2.05, 4.69) is 0 Å². The number of halogens is 1. The quantitative estimate of drug-likeness (QED) is 0.111. The average Bonchev–Trinajstić information content (AvgIpc) is 3.66. The van der Waals surface area contributed by atoms with Gasteiger partial charge in [-0.3, -0.25) is 10.1 Å². The summed E-state index contributed by atoms with van der Waals surface area (Å²) in [6, 6.07) is 37.6. The normalized spacial score (nSPS) is 12.7. The lowest BCUT2D eigenvalue weighted by Gasteiger charge is -2.37. The second kappa shape index (κ2) is 10.6. The van der Waals surface area contributed by atoms with Crippen LogP contribution in [0.25, 0.3) is 23.1 Å². The van der Waals surface area contributed by atoms with E-state index in [9.17, 15) is 10.1 Å². The molecule has 1 aromatic heterocycles. The summed E-state index contributed by atoms with van der Waals surface area (Å²) in [5, 5.41) is 17.4. The first-order valence-electron chi connectivity index (χ1n) is 13.7. The summed E-state index contributed by atoms with van der Waals surface area (Å²) in [5.41, 5.74) is 2.69. The van der Waals surface area contributed by atoms with Gasteiger partial charge in [0.25, 0.3) is 0 Å². The topological polar surface area (TPSA) is 79.4 Å². The fourth-order valence-electron chi connectivity index (χ4n) is 5.76. The van der Waals surface area contributed by atoms with E-state index in [1.54, 1.807) is 10.8 Å². The molecule has 0 spiro atoms. The molecule has 8 heteroatoms. The zero-order valence-corrected chi connectivity index (χ0v) is 22.8. The molecule has 0 radical (unpaired) electrons. The van der Waals surface area contributed by atoms with E-state index in [1.165, 1.54) is 12.1 Å². The van der Waals surface area contributed by atoms with Gasteiger partial charge in [-0.15, -0.1) is 0 Å². The molecule has 0 unspecified atom stereocenters. The van der Waals surface area contributed by atoms with Gasteiger partial charge in [0.2, 0.25) is 12.6 Å². The molecular weight excluding hydrogens is 545 g/mol. The van der Waals surface area contributed by atoms with Crippen molar-refractivity contribution < 1.29 is 18.8 Å². The van der Waals surface area contributed by atoms with E-state index in [1.807, 2.05) is 115 Å². The largest absolute Gasteiger partial charge is 0.454 e. The number of rotatable bonds is 7. The molecule has 43 heavy (non-hydrogen) atoms. The molecule has 2 heterocycles. The molecule has 0 saturated heterocycles. The maximum absolute atomic E-state index is 15.4. The van der Waals surface area contributed by atoms with E-state index < -0.39 is 22.0 Å². The predicted octanol–water partition coefficient (Wildman–Crippen LogP) is 7.82. The molecule has 0 atom stereocenters. The predicted molar refractivity (Wildman–Crippen MR) is 162 cm³/mol. The lowest BCUT2D eigenvalue weighted by Crippen LogP contribution is -2.38. The lowest BCUT2D eigenvalue weighted by atomic mass is 9.77. The summed E-state index contributed by atoms with van der Waals surface area (Å²) in [6.45, 7) is 0.160. The van der Waals surface area contributed by atoms with E-state index in [0.717, 1.165) is 22.3 Å². The summed E-state index contributed by atoms with van der Waals surface area (Å²) in [6.07, 6.45) is 3.63. The minimum atomic E-state index is -1.05. The van der Waals surface area contributed by atoms with Gasteiger partial charge in [0.05, 0.1) is 16.1 Å². The Labute approximate surface area is 246 Å². The Kier molecular flexibility index (Phi) is 6.43. The van der Waals surface area contributed by atoms with Crippen LogP contribution >= 0.6 is 0 Å². The highest BCUT2D eigenvalue weighted by atomic mass is 19.1. The third kappa shape index (κ3) is 4.40. The van der Waals surface area contributed by atoms with Crippen molar-refractivity contribution in [1.29, 1.82) is 0 Å². The number of aromatic nitrogens is 2. The van der Waals surface area contributed by atoms with Crippen molar-refractivity contribution >= 4 is 28.7 Å². The Morgan fingerprint density at radius 3 is 1.93 bits per heavy atom. The van der Waals surface area contributed by atoms with Crippen LogP contribution in [-0.2, 0) is 5.54 Å². The minimum absolute atomic E-state index is 0.160. The van der Waals surface area contributed by atoms with Crippen LogP contribution in [0.2, 0.25) is 0 Å². The SMILES string of the molecule is O=[N+]([O-])c1cc2c(C=Cc3ccc4c(c3)OCO4)nn(C(c3ccccc3)(c3ccccc3)c3ccccc3)c2cc1F. The summed E-state index contributed by atoms with van der Waals surface area (Å²) in [7, 11) is 0. The Hall–Kier alpha value is -5.76. The zero-order chi connectivity index (χ0) is 29.4. The van der Waals surface area contributed by atoms with Gasteiger partial charge in [-0.05, 0) is 40.5 Å². The van der Waals surface area contributed by atoms with Gasteiger partial charge in [0, 0.05) is 17.5 Å². The molecule has 0 amide bonds. The molecule has 1 aliphatic rings. The third-order valence-corrected chi connectivity index (χ3v) is 7.70. The standard InChI is InChI=1S/C35H24FN3O4/c36-29-22-31-28(21-32(29)39(40)41)30(18-16-24-17-19-33-34(20-24)43-23-42-33)37-38(31)35(25-10-4-1-5-11-25,26-12-6-2-7-13-26)27-14-8-3-9-15-27/h1-22H,23H2. The second-order valence-electron chi connectivity index (χ2n) is 10.1. The zero-order valence-electron chi connectivity index (χ0n) is 22.8. The van der Waals surface area contributed by atoms with Crippen molar-refractivity contribution in [2.75, 3.05) is 6.79 Å². The smallest absolute Gasteiger partial charge is 0.305 e. The molecule has 7 nitrogen and oxygen atoms in total. The van der Waals surface area contributed by atoms with Crippen LogP contribution in [0.3, 0.4) is 0 Å². The number of nitro benzene ring substituents is 1. The fourth-order valence-corrected chi connectivity index (χ4v) is 5.76. The number of benzene rings is 5. The van der Waals surface area contributed by atoms with Gasteiger partial charge in [-0.1, -0.05) is 103 Å². The van der Waals surface area contributed by atoms with Gasteiger partial charge < -0.3 is 9.47 Å². The van der Waals surface area contributed by atoms with Gasteiger partial charge in [-0.25, -0.2) is 4.68 Å². The number of hydrogen-bond acceptors (Lipinski definition) is 5. The molecule has 0 fully saturated rings. The Balaban J connectivity index is 1.55. The number of hydrogen-bond donors (Lipinski definition) is 0. The second-order valence-corrected chi connectivity index (χ2v) is 10.1. The molecule has 0 N–H and O–H groups in total. The van der Waals surface area contributed by atoms with Crippen molar-refractivity contribution in [1.82, 2.24) is 9.78 Å². The molecule has 5 aromatic carbocycles. The Morgan fingerprint density at radius 2 is 1.35 bits per heavy atom.